The number of hydrogen-bond acceptors (Lipinski definition) is 1. The molecule has 0 heterocycles. The molecule has 1 heteroatoms. The van der Waals surface area contributed by atoms with Crippen LogP contribution in [0.4, 0.5) is 0 Å². The molecule has 3 unspecified atom stereocenters. The second-order valence-electron chi connectivity index (χ2n) is 4.11. The van der Waals surface area contributed by atoms with Gasteiger partial charge in [-0.3, -0.25) is 0 Å². The monoisotopic (exact) mass is 163 g/mol. The third-order valence-electron chi connectivity index (χ3n) is 2.91. The van der Waals surface area contributed by atoms with Gasteiger partial charge in [0.05, 0.1) is 12.0 Å². The molecule has 3 atom stereocenters. The van der Waals surface area contributed by atoms with Crippen LogP contribution in [0.2, 0.25) is 0 Å². The molecule has 0 saturated heterocycles. The summed E-state index contributed by atoms with van der Waals surface area (Å²) in [7, 11) is 0. The summed E-state index contributed by atoms with van der Waals surface area (Å²) in [5.74, 6) is 1.42. The highest BCUT2D eigenvalue weighted by molar-refractivity contribution is 5.06. The summed E-state index contributed by atoms with van der Waals surface area (Å²) in [5, 5.41) is 8.94. The number of allylic oxidation sites excluding steroid dienone is 1. The molecular formula is C11H17N. The molecule has 0 bridgehead atoms. The average molecular weight is 163 g/mol. The van der Waals surface area contributed by atoms with E-state index >= 15 is 0 Å². The molecule has 1 fully saturated rings. The lowest BCUT2D eigenvalue weighted by molar-refractivity contribution is 0.263. The van der Waals surface area contributed by atoms with Gasteiger partial charge in [-0.1, -0.05) is 25.5 Å². The first kappa shape index (κ1) is 9.32. The molecule has 12 heavy (non-hydrogen) atoms. The van der Waals surface area contributed by atoms with E-state index in [2.05, 4.69) is 19.6 Å². The molecule has 0 radical (unpaired) electrons. The second-order valence-corrected chi connectivity index (χ2v) is 4.11. The highest BCUT2D eigenvalue weighted by Crippen LogP contribution is 2.36. The van der Waals surface area contributed by atoms with E-state index in [0.29, 0.717) is 5.92 Å². The van der Waals surface area contributed by atoms with Crippen LogP contribution in [0, 0.1) is 29.1 Å². The van der Waals surface area contributed by atoms with Gasteiger partial charge in [0.15, 0.2) is 0 Å². The fourth-order valence-electron chi connectivity index (χ4n) is 2.11. The van der Waals surface area contributed by atoms with Crippen LogP contribution in [0.15, 0.2) is 12.2 Å². The zero-order valence-electron chi connectivity index (χ0n) is 8.01. The Morgan fingerprint density at radius 2 is 2.17 bits per heavy atom. The quantitative estimate of drug-likeness (QED) is 0.545. The van der Waals surface area contributed by atoms with E-state index in [1.54, 1.807) is 0 Å². The van der Waals surface area contributed by atoms with Crippen LogP contribution < -0.4 is 0 Å². The minimum absolute atomic E-state index is 0.228. The Kier molecular flexibility index (Phi) is 2.92. The number of nitriles is 1. The summed E-state index contributed by atoms with van der Waals surface area (Å²) in [4.78, 5) is 0. The molecule has 1 aliphatic rings. The standard InChI is InChI=1S/C11H17N/c1-8(2)11-5-4-9(3)6-10(11)7-12/h9-11H,1,4-6H2,2-3H3. The van der Waals surface area contributed by atoms with Crippen LogP contribution in [0.1, 0.15) is 33.1 Å². The first-order valence-corrected chi connectivity index (χ1v) is 4.70. The van der Waals surface area contributed by atoms with Crippen molar-refractivity contribution in [3.05, 3.63) is 12.2 Å². The van der Waals surface area contributed by atoms with E-state index in [4.69, 9.17) is 5.26 Å². The summed E-state index contributed by atoms with van der Waals surface area (Å²) < 4.78 is 0. The van der Waals surface area contributed by atoms with Gasteiger partial charge in [0.25, 0.3) is 0 Å². The van der Waals surface area contributed by atoms with Gasteiger partial charge in [0, 0.05) is 0 Å². The Morgan fingerprint density at radius 3 is 2.67 bits per heavy atom. The molecular weight excluding hydrogens is 146 g/mol. The van der Waals surface area contributed by atoms with Crippen LogP contribution in [0.5, 0.6) is 0 Å². The van der Waals surface area contributed by atoms with Crippen LogP contribution in [-0.4, -0.2) is 0 Å². The van der Waals surface area contributed by atoms with E-state index in [0.717, 1.165) is 18.8 Å². The fourth-order valence-corrected chi connectivity index (χ4v) is 2.11. The Morgan fingerprint density at radius 1 is 1.50 bits per heavy atom. The van der Waals surface area contributed by atoms with Crippen molar-refractivity contribution in [1.29, 1.82) is 5.26 Å². The number of rotatable bonds is 1. The lowest BCUT2D eigenvalue weighted by Crippen LogP contribution is -2.23. The van der Waals surface area contributed by atoms with E-state index in [9.17, 15) is 0 Å². The molecule has 0 amide bonds. The SMILES string of the molecule is C=C(C)C1CCC(C)CC1C#N. The van der Waals surface area contributed by atoms with Gasteiger partial charge in [-0.2, -0.15) is 5.26 Å². The lowest BCUT2D eigenvalue weighted by atomic mass is 9.73. The van der Waals surface area contributed by atoms with Crippen LogP contribution >= 0.6 is 0 Å². The summed E-state index contributed by atoms with van der Waals surface area (Å²) in [6.45, 7) is 8.23. The van der Waals surface area contributed by atoms with Gasteiger partial charge in [-0.05, 0) is 31.6 Å². The molecule has 0 aromatic heterocycles. The van der Waals surface area contributed by atoms with Crippen molar-refractivity contribution in [3.8, 4) is 6.07 Å². The van der Waals surface area contributed by atoms with Crippen molar-refractivity contribution in [2.45, 2.75) is 33.1 Å². The third-order valence-corrected chi connectivity index (χ3v) is 2.91. The number of hydrogen-bond donors (Lipinski definition) is 0. The minimum atomic E-state index is 0.228. The van der Waals surface area contributed by atoms with Gasteiger partial charge < -0.3 is 0 Å². The van der Waals surface area contributed by atoms with Crippen molar-refractivity contribution >= 4 is 0 Å². The molecule has 1 nitrogen and oxygen atoms in total. The van der Waals surface area contributed by atoms with Crippen molar-refractivity contribution in [2.75, 3.05) is 0 Å². The molecule has 0 aliphatic heterocycles. The summed E-state index contributed by atoms with van der Waals surface area (Å²) in [5.41, 5.74) is 1.19. The molecule has 1 saturated carbocycles. The third kappa shape index (κ3) is 1.88. The molecule has 0 aromatic carbocycles. The predicted octanol–water partition coefficient (Wildman–Crippen LogP) is 3.14. The zero-order chi connectivity index (χ0) is 9.14. The largest absolute Gasteiger partial charge is 0.198 e. The maximum absolute atomic E-state index is 8.94. The first-order chi connectivity index (χ1) is 5.65. The Hall–Kier alpha value is -0.770. The van der Waals surface area contributed by atoms with Crippen LogP contribution in [0.25, 0.3) is 0 Å². The molecule has 66 valence electrons. The highest BCUT2D eigenvalue weighted by Gasteiger charge is 2.28. The van der Waals surface area contributed by atoms with Crippen molar-refractivity contribution in [3.63, 3.8) is 0 Å². The van der Waals surface area contributed by atoms with Gasteiger partial charge in [0.2, 0.25) is 0 Å². The Bertz CT molecular complexity index is 212. The van der Waals surface area contributed by atoms with Gasteiger partial charge in [-0.15, -0.1) is 0 Å². The van der Waals surface area contributed by atoms with E-state index in [1.165, 1.54) is 12.0 Å². The highest BCUT2D eigenvalue weighted by atomic mass is 14.4. The average Bonchev–Trinajstić information content (AvgIpc) is 2.03. The van der Waals surface area contributed by atoms with Crippen LogP contribution in [0.3, 0.4) is 0 Å². The van der Waals surface area contributed by atoms with Gasteiger partial charge >= 0.3 is 0 Å². The minimum Gasteiger partial charge on any atom is -0.198 e. The molecule has 0 aromatic rings. The normalized spacial score (nSPS) is 35.6. The molecule has 0 spiro atoms. The fraction of sp³-hybridized carbons (Fsp3) is 0.727. The molecule has 1 aliphatic carbocycles. The molecule has 0 N–H and O–H groups in total. The summed E-state index contributed by atoms with van der Waals surface area (Å²) in [6.07, 6.45) is 3.48. The van der Waals surface area contributed by atoms with E-state index < -0.39 is 0 Å². The maximum atomic E-state index is 8.94. The first-order valence-electron chi connectivity index (χ1n) is 4.70. The van der Waals surface area contributed by atoms with E-state index in [-0.39, 0.29) is 5.92 Å². The summed E-state index contributed by atoms with van der Waals surface area (Å²) in [6, 6.07) is 2.40. The van der Waals surface area contributed by atoms with Gasteiger partial charge in [-0.25, -0.2) is 0 Å². The van der Waals surface area contributed by atoms with Gasteiger partial charge in [0.1, 0.15) is 0 Å². The zero-order valence-corrected chi connectivity index (χ0v) is 8.01. The Labute approximate surface area is 75.1 Å². The van der Waals surface area contributed by atoms with Crippen molar-refractivity contribution in [1.82, 2.24) is 0 Å². The Balaban J connectivity index is 2.64. The summed E-state index contributed by atoms with van der Waals surface area (Å²) >= 11 is 0. The van der Waals surface area contributed by atoms with Crippen molar-refractivity contribution < 1.29 is 0 Å². The predicted molar refractivity (Wildman–Crippen MR) is 50.4 cm³/mol. The molecule has 1 rings (SSSR count). The van der Waals surface area contributed by atoms with E-state index in [1.807, 2.05) is 6.92 Å². The second kappa shape index (κ2) is 3.76. The van der Waals surface area contributed by atoms with Crippen molar-refractivity contribution in [2.24, 2.45) is 17.8 Å². The lowest BCUT2D eigenvalue weighted by Gasteiger charge is -2.30. The van der Waals surface area contributed by atoms with Crippen LogP contribution in [-0.2, 0) is 0 Å². The number of nitrogens with zero attached hydrogens (tertiary/aromatic N) is 1. The topological polar surface area (TPSA) is 23.8 Å². The smallest absolute Gasteiger partial charge is 0.0662 e. The maximum Gasteiger partial charge on any atom is 0.0662 e.